The predicted molar refractivity (Wildman–Crippen MR) is 175 cm³/mol. The Morgan fingerprint density at radius 3 is 1.23 bits per heavy atom. The molecule has 3 unspecified atom stereocenters. The number of hydrogen-bond acceptors (Lipinski definition) is 4. The summed E-state index contributed by atoms with van der Waals surface area (Å²) in [6.45, 7) is 8.07. The highest BCUT2D eigenvalue weighted by Gasteiger charge is 2.54. The third-order valence-corrected chi connectivity index (χ3v) is 9.08. The molecule has 0 radical (unpaired) electrons. The quantitative estimate of drug-likeness (QED) is 0.0463. The minimum Gasteiger partial charge on any atom is -0.544 e. The van der Waals surface area contributed by atoms with Crippen molar-refractivity contribution in [3.05, 3.63) is 12.2 Å². The number of allylic oxidation sites excluding steroid dienone is 2. The van der Waals surface area contributed by atoms with E-state index in [9.17, 15) is 29.7 Å². The fourth-order valence-corrected chi connectivity index (χ4v) is 6.80. The van der Waals surface area contributed by atoms with Crippen LogP contribution in [0.5, 0.6) is 0 Å². The van der Waals surface area contributed by atoms with E-state index in [1.807, 2.05) is 20.8 Å². The summed E-state index contributed by atoms with van der Waals surface area (Å²) in [6.07, 6.45) is 27.1. The lowest BCUT2D eigenvalue weighted by atomic mass is 9.91. The second-order valence-electron chi connectivity index (χ2n) is 12.6. The highest BCUT2D eigenvalue weighted by atomic mass is 16.4. The molecule has 0 heterocycles. The monoisotopic (exact) mass is 609 g/mol. The van der Waals surface area contributed by atoms with Gasteiger partial charge < -0.3 is 20.1 Å². The lowest BCUT2D eigenvalue weighted by Crippen LogP contribution is -2.74. The van der Waals surface area contributed by atoms with Crippen LogP contribution in [0.15, 0.2) is 12.2 Å². The molecular weight excluding hydrogens is 542 g/mol. The molecule has 7 nitrogen and oxygen atoms in total. The van der Waals surface area contributed by atoms with E-state index in [4.69, 9.17) is 0 Å². The minimum absolute atomic E-state index is 0.206. The zero-order valence-electron chi connectivity index (χ0n) is 28.3. The average molecular weight is 610 g/mol. The number of rotatable bonds is 31. The highest BCUT2D eigenvalue weighted by molar-refractivity contribution is 5.77. The van der Waals surface area contributed by atoms with Gasteiger partial charge in [-0.15, -0.1) is 0 Å². The first-order valence-electron chi connectivity index (χ1n) is 17.9. The Morgan fingerprint density at radius 2 is 0.884 bits per heavy atom. The summed E-state index contributed by atoms with van der Waals surface area (Å²) >= 11 is 0. The summed E-state index contributed by atoms with van der Waals surface area (Å²) in [7, 11) is 0. The lowest BCUT2D eigenvalue weighted by Gasteiger charge is -2.52. The summed E-state index contributed by atoms with van der Waals surface area (Å²) in [5, 5.41) is 33.0. The van der Waals surface area contributed by atoms with Crippen LogP contribution in [0.25, 0.3) is 0 Å². The molecule has 0 aromatic rings. The first-order chi connectivity index (χ1) is 20.7. The van der Waals surface area contributed by atoms with E-state index in [1.165, 1.54) is 70.6 Å². The molecule has 0 aliphatic carbocycles. The first kappa shape index (κ1) is 41.1. The second kappa shape index (κ2) is 26.5. The maximum absolute atomic E-state index is 12.6. The van der Waals surface area contributed by atoms with Crippen molar-refractivity contribution >= 4 is 17.9 Å². The molecule has 0 bridgehead atoms. The van der Waals surface area contributed by atoms with Crippen molar-refractivity contribution in [1.29, 1.82) is 0 Å². The lowest BCUT2D eigenvalue weighted by molar-refractivity contribution is -0.975. The maximum atomic E-state index is 12.6. The topological polar surface area (TPSA) is 115 Å². The van der Waals surface area contributed by atoms with Crippen molar-refractivity contribution < 1.29 is 34.2 Å². The minimum atomic E-state index is -1.33. The molecule has 43 heavy (non-hydrogen) atoms. The summed E-state index contributed by atoms with van der Waals surface area (Å²) in [5.74, 6) is -3.56. The van der Waals surface area contributed by atoms with Gasteiger partial charge in [-0.25, -0.2) is 9.59 Å². The smallest absolute Gasteiger partial charge is 0.362 e. The van der Waals surface area contributed by atoms with Crippen molar-refractivity contribution in [1.82, 2.24) is 0 Å². The standard InChI is InChI=1S/C36H67NO6/c1-5-9-10-11-12-13-14-15-16-17-18-19-20-21-22-23-24-25-26-30-37(31(27-6-2)34(38)39,32(28-7-3)35(40)41)33(29-8-4)36(42)43/h16-17,31-33H,5-15,18-30H2,1-4H3,(H2-,38,39,40,41,42,43)/b17-16+. The van der Waals surface area contributed by atoms with E-state index in [1.54, 1.807) is 0 Å². The third-order valence-electron chi connectivity index (χ3n) is 9.08. The van der Waals surface area contributed by atoms with Crippen LogP contribution in [0.4, 0.5) is 0 Å². The summed E-state index contributed by atoms with van der Waals surface area (Å²) in [4.78, 5) is 37.6. The molecule has 2 N–H and O–H groups in total. The number of aliphatic carboxylic acids is 3. The molecule has 7 heteroatoms. The second-order valence-corrected chi connectivity index (χ2v) is 12.6. The van der Waals surface area contributed by atoms with Crippen LogP contribution in [-0.2, 0) is 14.4 Å². The van der Waals surface area contributed by atoms with Crippen molar-refractivity contribution in [2.45, 2.75) is 193 Å². The Labute approximate surface area is 264 Å². The highest BCUT2D eigenvalue weighted by Crippen LogP contribution is 2.34. The summed E-state index contributed by atoms with van der Waals surface area (Å²) < 4.78 is -0.436. The van der Waals surface area contributed by atoms with Crippen molar-refractivity contribution in [3.8, 4) is 0 Å². The number of carbonyl (C=O) groups excluding carboxylic acids is 1. The number of unbranched alkanes of at least 4 members (excludes halogenated alkanes) is 15. The molecule has 0 aliphatic heterocycles. The van der Waals surface area contributed by atoms with Gasteiger partial charge >= 0.3 is 11.9 Å². The molecule has 0 aliphatic rings. The van der Waals surface area contributed by atoms with Crippen LogP contribution < -0.4 is 5.11 Å². The van der Waals surface area contributed by atoms with Gasteiger partial charge in [0.15, 0.2) is 12.1 Å². The van der Waals surface area contributed by atoms with Crippen LogP contribution >= 0.6 is 0 Å². The number of nitrogens with zero attached hydrogens (tertiary/aromatic N) is 1. The molecule has 0 spiro atoms. The molecule has 0 fully saturated rings. The molecule has 0 saturated carbocycles. The van der Waals surface area contributed by atoms with E-state index in [0.717, 1.165) is 32.1 Å². The van der Waals surface area contributed by atoms with Gasteiger partial charge in [-0.2, -0.15) is 0 Å². The molecule has 3 atom stereocenters. The predicted octanol–water partition coefficient (Wildman–Crippen LogP) is 8.44. The van der Waals surface area contributed by atoms with Crippen LogP contribution in [-0.4, -0.2) is 57.3 Å². The zero-order chi connectivity index (χ0) is 32.3. The molecule has 0 aromatic heterocycles. The Bertz CT molecular complexity index is 692. The zero-order valence-corrected chi connectivity index (χ0v) is 28.3. The number of quaternary nitrogens is 1. The van der Waals surface area contributed by atoms with Gasteiger partial charge in [0.1, 0.15) is 6.04 Å². The van der Waals surface area contributed by atoms with Crippen molar-refractivity contribution in [2.24, 2.45) is 0 Å². The summed E-state index contributed by atoms with van der Waals surface area (Å²) in [6, 6.07) is -3.33. The van der Waals surface area contributed by atoms with E-state index in [0.29, 0.717) is 25.7 Å². The van der Waals surface area contributed by atoms with Gasteiger partial charge in [0.25, 0.3) is 0 Å². The normalized spacial score (nSPS) is 15.3. The Hall–Kier alpha value is -1.89. The fourth-order valence-electron chi connectivity index (χ4n) is 6.80. The van der Waals surface area contributed by atoms with E-state index >= 15 is 0 Å². The molecular formula is C36H67NO6. The first-order valence-corrected chi connectivity index (χ1v) is 17.9. The van der Waals surface area contributed by atoms with Gasteiger partial charge in [-0.1, -0.05) is 117 Å². The van der Waals surface area contributed by atoms with Gasteiger partial charge in [-0.3, -0.25) is 4.48 Å². The van der Waals surface area contributed by atoms with Crippen LogP contribution in [0.1, 0.15) is 175 Å². The number of hydrogen-bond donors (Lipinski definition) is 2. The SMILES string of the molecule is CCCCCCCCC/C=C/CCCCCCCCCC[N+](C(CCC)C(=O)[O-])(C(CCC)C(=O)O)C(CCC)C(=O)O. The maximum Gasteiger partial charge on any atom is 0.362 e. The van der Waals surface area contributed by atoms with Crippen molar-refractivity contribution in [2.75, 3.05) is 6.54 Å². The number of carboxylic acids is 3. The van der Waals surface area contributed by atoms with Gasteiger partial charge in [0.05, 0.1) is 12.5 Å². The number of carbonyl (C=O) groups is 3. The Balaban J connectivity index is 4.84. The van der Waals surface area contributed by atoms with Gasteiger partial charge in [0.2, 0.25) is 0 Å². The van der Waals surface area contributed by atoms with Crippen LogP contribution in [0.3, 0.4) is 0 Å². The van der Waals surface area contributed by atoms with E-state index in [-0.39, 0.29) is 25.8 Å². The fraction of sp³-hybridized carbons (Fsp3) is 0.861. The number of carboxylic acid groups (broad SMARTS) is 3. The van der Waals surface area contributed by atoms with Gasteiger partial charge in [0, 0.05) is 19.3 Å². The van der Waals surface area contributed by atoms with Crippen molar-refractivity contribution in [3.63, 3.8) is 0 Å². The summed E-state index contributed by atoms with van der Waals surface area (Å²) in [5.41, 5.74) is 0. The van der Waals surface area contributed by atoms with Gasteiger partial charge in [-0.05, 0) is 51.4 Å². The molecule has 0 rings (SSSR count). The van der Waals surface area contributed by atoms with Crippen LogP contribution in [0, 0.1) is 0 Å². The van der Waals surface area contributed by atoms with E-state index in [2.05, 4.69) is 19.1 Å². The Morgan fingerprint density at radius 1 is 0.535 bits per heavy atom. The third kappa shape index (κ3) is 16.7. The van der Waals surface area contributed by atoms with E-state index < -0.39 is 40.5 Å². The average Bonchev–Trinajstić information content (AvgIpc) is 2.97. The molecule has 0 amide bonds. The molecule has 0 saturated heterocycles. The largest absolute Gasteiger partial charge is 0.544 e. The molecule has 0 aromatic carbocycles. The molecule has 252 valence electrons. The Kier molecular flexibility index (Phi) is 25.3. The van der Waals surface area contributed by atoms with Crippen LogP contribution in [0.2, 0.25) is 0 Å².